The maximum atomic E-state index is 12.9. The Morgan fingerprint density at radius 1 is 0.250 bits per heavy atom. The number of carbonyl (C=O) groups is 3. The maximum absolute atomic E-state index is 12.9. The molecule has 0 saturated carbocycles. The van der Waals surface area contributed by atoms with Crippen molar-refractivity contribution in [3.8, 4) is 0 Å². The van der Waals surface area contributed by atoms with Crippen molar-refractivity contribution < 1.29 is 28.6 Å². The van der Waals surface area contributed by atoms with E-state index in [1.54, 1.807) is 0 Å². The van der Waals surface area contributed by atoms with Crippen molar-refractivity contribution >= 4 is 17.9 Å². The smallest absolute Gasteiger partial charge is 0.306 e. The van der Waals surface area contributed by atoms with Crippen molar-refractivity contribution in [2.24, 2.45) is 0 Å². The van der Waals surface area contributed by atoms with E-state index in [-0.39, 0.29) is 31.1 Å². The van der Waals surface area contributed by atoms with Gasteiger partial charge in [-0.05, 0) is 83.5 Å². The maximum Gasteiger partial charge on any atom is 0.306 e. The first-order chi connectivity index (χ1) is 39.5. The van der Waals surface area contributed by atoms with Gasteiger partial charge in [0.25, 0.3) is 0 Å². The molecule has 0 amide bonds. The molecule has 0 aromatic heterocycles. The molecule has 468 valence electrons. The van der Waals surface area contributed by atoms with Gasteiger partial charge in [0.1, 0.15) is 13.2 Å². The third-order valence-electron chi connectivity index (χ3n) is 16.1. The number of unbranched alkanes of at least 4 members (excludes halogenated alkanes) is 47. The molecule has 0 aliphatic heterocycles. The summed E-state index contributed by atoms with van der Waals surface area (Å²) in [6, 6.07) is 0. The fourth-order valence-electron chi connectivity index (χ4n) is 10.7. The summed E-state index contributed by atoms with van der Waals surface area (Å²) in [7, 11) is 0. The minimum absolute atomic E-state index is 0.0695. The molecule has 0 aromatic carbocycles. The van der Waals surface area contributed by atoms with E-state index in [0.29, 0.717) is 19.3 Å². The lowest BCUT2D eigenvalue weighted by Crippen LogP contribution is -2.30. The Morgan fingerprint density at radius 3 is 0.713 bits per heavy atom. The van der Waals surface area contributed by atoms with E-state index < -0.39 is 6.10 Å². The van der Waals surface area contributed by atoms with Crippen LogP contribution in [-0.2, 0) is 28.6 Å². The van der Waals surface area contributed by atoms with E-state index in [4.69, 9.17) is 14.2 Å². The number of ether oxygens (including phenoxy) is 3. The highest BCUT2D eigenvalue weighted by atomic mass is 16.6. The van der Waals surface area contributed by atoms with Gasteiger partial charge in [-0.3, -0.25) is 14.4 Å². The second kappa shape index (κ2) is 68.9. The van der Waals surface area contributed by atoms with Crippen molar-refractivity contribution in [2.75, 3.05) is 13.2 Å². The minimum atomic E-state index is -0.770. The molecule has 80 heavy (non-hydrogen) atoms. The second-order valence-corrected chi connectivity index (χ2v) is 24.1. The van der Waals surface area contributed by atoms with E-state index in [1.165, 1.54) is 276 Å². The molecule has 0 rings (SSSR count). The Hall–Kier alpha value is -2.63. The van der Waals surface area contributed by atoms with Gasteiger partial charge in [-0.15, -0.1) is 0 Å². The normalized spacial score (nSPS) is 12.3. The van der Waals surface area contributed by atoms with Crippen molar-refractivity contribution in [3.05, 3.63) is 48.6 Å². The number of hydrogen-bond acceptors (Lipinski definition) is 6. The Balaban J connectivity index is 3.99. The molecule has 0 fully saturated rings. The van der Waals surface area contributed by atoms with Crippen LogP contribution in [0.4, 0.5) is 0 Å². The zero-order valence-corrected chi connectivity index (χ0v) is 53.9. The first kappa shape index (κ1) is 77.4. The van der Waals surface area contributed by atoms with Gasteiger partial charge in [-0.2, -0.15) is 0 Å². The molecule has 0 aliphatic carbocycles. The van der Waals surface area contributed by atoms with Crippen LogP contribution >= 0.6 is 0 Å². The van der Waals surface area contributed by atoms with Gasteiger partial charge in [0.15, 0.2) is 6.10 Å². The second-order valence-electron chi connectivity index (χ2n) is 24.1. The summed E-state index contributed by atoms with van der Waals surface area (Å²) in [5, 5.41) is 0. The highest BCUT2D eigenvalue weighted by Gasteiger charge is 2.19. The van der Waals surface area contributed by atoms with Crippen molar-refractivity contribution in [2.45, 2.75) is 393 Å². The van der Waals surface area contributed by atoms with Crippen LogP contribution < -0.4 is 0 Å². The summed E-state index contributed by atoms with van der Waals surface area (Å²) in [5.74, 6) is -0.859. The van der Waals surface area contributed by atoms with Gasteiger partial charge in [-0.1, -0.05) is 333 Å². The molecule has 1 atom stereocenters. The molecule has 0 aliphatic rings. The third kappa shape index (κ3) is 66.2. The van der Waals surface area contributed by atoms with Gasteiger partial charge < -0.3 is 14.2 Å². The van der Waals surface area contributed by atoms with E-state index in [2.05, 4.69) is 69.4 Å². The van der Waals surface area contributed by atoms with Crippen LogP contribution in [0, 0.1) is 0 Å². The van der Waals surface area contributed by atoms with E-state index >= 15 is 0 Å². The van der Waals surface area contributed by atoms with Gasteiger partial charge in [-0.25, -0.2) is 0 Å². The van der Waals surface area contributed by atoms with Crippen LogP contribution in [0.15, 0.2) is 48.6 Å². The minimum Gasteiger partial charge on any atom is -0.462 e. The quantitative estimate of drug-likeness (QED) is 0.0261. The summed E-state index contributed by atoms with van der Waals surface area (Å²) >= 11 is 0. The zero-order chi connectivity index (χ0) is 57.8. The van der Waals surface area contributed by atoms with Gasteiger partial charge in [0.05, 0.1) is 0 Å². The number of rotatable bonds is 66. The van der Waals surface area contributed by atoms with Crippen LogP contribution in [0.2, 0.25) is 0 Å². The van der Waals surface area contributed by atoms with Crippen LogP contribution in [0.3, 0.4) is 0 Å². The average molecular weight is 1120 g/mol. The SMILES string of the molecule is CCCCCCC/C=C\C/C=C\C/C=C\CCCCCCCCCCCCCCC(=O)OC(COC(=O)CCCCCCCC)COC(=O)CCCCCCCCCCCCCCCCCCC/C=C\CCCCCCCCCC. The largest absolute Gasteiger partial charge is 0.462 e. The predicted molar refractivity (Wildman–Crippen MR) is 349 cm³/mol. The lowest BCUT2D eigenvalue weighted by molar-refractivity contribution is -0.167. The molecule has 6 heteroatoms. The van der Waals surface area contributed by atoms with Crippen molar-refractivity contribution in [1.29, 1.82) is 0 Å². The molecule has 0 radical (unpaired) electrons. The fourth-order valence-corrected chi connectivity index (χ4v) is 10.7. The summed E-state index contributed by atoms with van der Waals surface area (Å²) in [6.45, 7) is 6.63. The van der Waals surface area contributed by atoms with Crippen molar-refractivity contribution in [1.82, 2.24) is 0 Å². The molecule has 1 unspecified atom stereocenters. The first-order valence-electron chi connectivity index (χ1n) is 35.6. The predicted octanol–water partition coefficient (Wildman–Crippen LogP) is 24.5. The van der Waals surface area contributed by atoms with E-state index in [0.717, 1.165) is 70.6 Å². The van der Waals surface area contributed by atoms with Gasteiger partial charge in [0, 0.05) is 19.3 Å². The summed E-state index contributed by atoms with van der Waals surface area (Å²) in [4.78, 5) is 38.1. The standard InChI is InChI=1S/C74H136O6/c1-4-7-10-13-16-18-20-22-24-26-28-30-32-34-36-37-39-40-42-44-46-48-50-52-54-56-58-61-64-67-73(76)79-70-71(69-78-72(75)66-63-60-15-12-9-6-3)80-74(77)68-65-62-59-57-55-53-51-49-47-45-43-41-38-35-33-31-29-27-25-23-21-19-17-14-11-8-5-2/h21,23,26-29,33,35,71H,4-20,22,24-25,30-32,34,36-70H2,1-3H3/b23-21-,28-26-,29-27-,35-33-. The van der Waals surface area contributed by atoms with Crippen LogP contribution in [0.5, 0.6) is 0 Å². The van der Waals surface area contributed by atoms with E-state index in [1.807, 2.05) is 0 Å². The molecule has 0 aromatic rings. The monoisotopic (exact) mass is 1120 g/mol. The molecule has 0 N–H and O–H groups in total. The van der Waals surface area contributed by atoms with E-state index in [9.17, 15) is 14.4 Å². The highest BCUT2D eigenvalue weighted by molar-refractivity contribution is 5.71. The zero-order valence-electron chi connectivity index (χ0n) is 53.9. The molecule has 0 bridgehead atoms. The lowest BCUT2D eigenvalue weighted by atomic mass is 10.0. The Labute approximate surface area is 498 Å². The topological polar surface area (TPSA) is 78.9 Å². The molecule has 0 saturated heterocycles. The third-order valence-corrected chi connectivity index (χ3v) is 16.1. The Bertz CT molecular complexity index is 1380. The van der Waals surface area contributed by atoms with Gasteiger partial charge in [0.2, 0.25) is 0 Å². The van der Waals surface area contributed by atoms with Crippen LogP contribution in [0.1, 0.15) is 387 Å². The van der Waals surface area contributed by atoms with Gasteiger partial charge >= 0.3 is 17.9 Å². The summed E-state index contributed by atoms with van der Waals surface area (Å²) in [6.07, 6.45) is 87.6. The average Bonchev–Trinajstić information content (AvgIpc) is 3.46. The molecular formula is C74H136O6. The fraction of sp³-hybridized carbons (Fsp3) is 0.851. The van der Waals surface area contributed by atoms with Crippen molar-refractivity contribution in [3.63, 3.8) is 0 Å². The summed E-state index contributed by atoms with van der Waals surface area (Å²) in [5.41, 5.74) is 0. The lowest BCUT2D eigenvalue weighted by Gasteiger charge is -2.18. The Kier molecular flexibility index (Phi) is 66.6. The molecule has 6 nitrogen and oxygen atoms in total. The molecule has 0 heterocycles. The Morgan fingerprint density at radius 2 is 0.450 bits per heavy atom. The number of hydrogen-bond donors (Lipinski definition) is 0. The highest BCUT2D eigenvalue weighted by Crippen LogP contribution is 2.18. The number of allylic oxidation sites excluding steroid dienone is 8. The number of carbonyl (C=O) groups excluding carboxylic acids is 3. The number of esters is 3. The molecular weight excluding hydrogens is 985 g/mol. The van der Waals surface area contributed by atoms with Crippen LogP contribution in [0.25, 0.3) is 0 Å². The molecule has 0 spiro atoms. The first-order valence-corrected chi connectivity index (χ1v) is 35.6. The summed E-state index contributed by atoms with van der Waals surface area (Å²) < 4.78 is 16.9. The van der Waals surface area contributed by atoms with Crippen LogP contribution in [-0.4, -0.2) is 37.2 Å².